The molecule has 1 amide bonds. The summed E-state index contributed by atoms with van der Waals surface area (Å²) in [5, 5.41) is 2.69. The minimum atomic E-state index is -0.0420. The number of rotatable bonds is 6. The smallest absolute Gasteiger partial charge is 0.251 e. The molecule has 0 spiro atoms. The van der Waals surface area contributed by atoms with E-state index in [1.165, 1.54) is 16.8 Å². The highest BCUT2D eigenvalue weighted by molar-refractivity contribution is 5.94. The van der Waals surface area contributed by atoms with Gasteiger partial charge in [0.25, 0.3) is 5.91 Å². The predicted octanol–water partition coefficient (Wildman–Crippen LogP) is 3.07. The second-order valence-corrected chi connectivity index (χ2v) is 8.32. The lowest BCUT2D eigenvalue weighted by molar-refractivity contribution is 0.0288. The highest BCUT2D eigenvalue weighted by atomic mass is 16.5. The first-order valence-corrected chi connectivity index (χ1v) is 11.1. The number of ketones is 1. The first kappa shape index (κ1) is 21.5. The molecule has 2 aromatic rings. The molecule has 0 unspecified atom stereocenters. The van der Waals surface area contributed by atoms with Crippen molar-refractivity contribution < 1.29 is 14.3 Å². The van der Waals surface area contributed by atoms with Crippen molar-refractivity contribution in [2.45, 2.75) is 25.9 Å². The zero-order chi connectivity index (χ0) is 21.8. The van der Waals surface area contributed by atoms with Crippen molar-refractivity contribution in [1.82, 2.24) is 10.2 Å². The molecule has 0 radical (unpaired) electrons. The van der Waals surface area contributed by atoms with Crippen molar-refractivity contribution in [3.8, 4) is 0 Å². The molecule has 2 heterocycles. The fourth-order valence-electron chi connectivity index (χ4n) is 4.50. The Morgan fingerprint density at radius 2 is 1.74 bits per heavy atom. The molecule has 0 saturated carbocycles. The number of piperazine rings is 1. The molecule has 0 aromatic heterocycles. The summed E-state index contributed by atoms with van der Waals surface area (Å²) in [7, 11) is 1.66. The van der Waals surface area contributed by atoms with Gasteiger partial charge in [-0.2, -0.15) is 0 Å². The van der Waals surface area contributed by atoms with Gasteiger partial charge in [-0.05, 0) is 67.3 Å². The van der Waals surface area contributed by atoms with Gasteiger partial charge in [-0.1, -0.05) is 6.07 Å². The average molecular weight is 422 g/mol. The second-order valence-electron chi connectivity index (χ2n) is 8.32. The lowest BCUT2D eigenvalue weighted by Gasteiger charge is -2.37. The van der Waals surface area contributed by atoms with Crippen LogP contribution in [0.5, 0.6) is 0 Å². The normalized spacial score (nSPS) is 19.0. The number of amides is 1. The summed E-state index contributed by atoms with van der Waals surface area (Å²) >= 11 is 0. The monoisotopic (exact) mass is 421 g/mol. The Labute approximate surface area is 184 Å². The molecule has 1 saturated heterocycles. The highest BCUT2D eigenvalue weighted by Gasteiger charge is 2.24. The molecule has 1 atom stereocenters. The maximum atomic E-state index is 11.9. The third kappa shape index (κ3) is 4.97. The number of anilines is 1. The van der Waals surface area contributed by atoms with Gasteiger partial charge in [0.05, 0.1) is 12.7 Å². The van der Waals surface area contributed by atoms with E-state index in [2.05, 4.69) is 21.2 Å². The number of nitrogens with zero attached hydrogens (tertiary/aromatic N) is 2. The van der Waals surface area contributed by atoms with Crippen LogP contribution in [0.4, 0.5) is 5.69 Å². The average Bonchev–Trinajstić information content (AvgIpc) is 2.82. The molecule has 164 valence electrons. The van der Waals surface area contributed by atoms with Crippen LogP contribution in [0.3, 0.4) is 0 Å². The van der Waals surface area contributed by atoms with E-state index in [9.17, 15) is 9.59 Å². The van der Waals surface area contributed by atoms with E-state index in [0.717, 1.165) is 51.1 Å². The highest BCUT2D eigenvalue weighted by Crippen LogP contribution is 2.31. The number of hydrogen-bond acceptors (Lipinski definition) is 5. The van der Waals surface area contributed by atoms with E-state index in [0.29, 0.717) is 12.2 Å². The van der Waals surface area contributed by atoms with Crippen molar-refractivity contribution in [3.63, 3.8) is 0 Å². The molecule has 2 aromatic carbocycles. The number of carbonyl (C=O) groups is 2. The van der Waals surface area contributed by atoms with Crippen molar-refractivity contribution in [2.75, 3.05) is 51.3 Å². The fourth-order valence-corrected chi connectivity index (χ4v) is 4.50. The van der Waals surface area contributed by atoms with Gasteiger partial charge < -0.3 is 15.0 Å². The number of ether oxygens (including phenoxy) is 1. The van der Waals surface area contributed by atoms with Gasteiger partial charge in [0.15, 0.2) is 5.78 Å². The van der Waals surface area contributed by atoms with Gasteiger partial charge in [0, 0.05) is 56.6 Å². The van der Waals surface area contributed by atoms with Crippen LogP contribution in [0.2, 0.25) is 0 Å². The van der Waals surface area contributed by atoms with Gasteiger partial charge in [0.1, 0.15) is 0 Å². The topological polar surface area (TPSA) is 61.9 Å². The SMILES string of the molecule is CNC(=O)c1ccc2c(c1)CCO[C@H]2CCN1CCN(c2ccc(C(C)=O)cc2)CC1. The summed E-state index contributed by atoms with van der Waals surface area (Å²) < 4.78 is 6.08. The molecule has 1 N–H and O–H groups in total. The molecule has 31 heavy (non-hydrogen) atoms. The van der Waals surface area contributed by atoms with Crippen molar-refractivity contribution >= 4 is 17.4 Å². The van der Waals surface area contributed by atoms with Crippen LogP contribution in [0, 0.1) is 0 Å². The van der Waals surface area contributed by atoms with Crippen molar-refractivity contribution in [1.29, 1.82) is 0 Å². The van der Waals surface area contributed by atoms with Gasteiger partial charge in [-0.15, -0.1) is 0 Å². The Bertz CT molecular complexity index is 934. The maximum absolute atomic E-state index is 11.9. The number of nitrogens with one attached hydrogen (secondary N) is 1. The summed E-state index contributed by atoms with van der Waals surface area (Å²) in [5.41, 5.74) is 5.12. The van der Waals surface area contributed by atoms with E-state index in [4.69, 9.17) is 4.74 Å². The Morgan fingerprint density at radius 1 is 1.03 bits per heavy atom. The summed E-state index contributed by atoms with van der Waals surface area (Å²) in [5.74, 6) is 0.0624. The molecule has 4 rings (SSSR count). The van der Waals surface area contributed by atoms with Crippen LogP contribution in [-0.4, -0.2) is 63.0 Å². The molecular formula is C25H31N3O3. The van der Waals surface area contributed by atoms with Crippen LogP contribution in [0.1, 0.15) is 51.3 Å². The predicted molar refractivity (Wildman–Crippen MR) is 122 cm³/mol. The number of fused-ring (bicyclic) bond motifs is 1. The number of carbonyl (C=O) groups excluding carboxylic acids is 2. The fraction of sp³-hybridized carbons (Fsp3) is 0.440. The third-order valence-corrected chi connectivity index (χ3v) is 6.39. The van der Waals surface area contributed by atoms with Crippen molar-refractivity contribution in [3.05, 3.63) is 64.7 Å². The minimum absolute atomic E-state index is 0.0420. The van der Waals surface area contributed by atoms with Crippen LogP contribution in [0.25, 0.3) is 0 Å². The molecule has 0 aliphatic carbocycles. The van der Waals surface area contributed by atoms with Gasteiger partial charge in [0.2, 0.25) is 0 Å². The van der Waals surface area contributed by atoms with Gasteiger partial charge in [-0.3, -0.25) is 14.5 Å². The summed E-state index contributed by atoms with van der Waals surface area (Å²) in [6.07, 6.45) is 1.91. The first-order chi connectivity index (χ1) is 15.0. The zero-order valence-corrected chi connectivity index (χ0v) is 18.4. The zero-order valence-electron chi connectivity index (χ0n) is 18.4. The molecule has 6 nitrogen and oxygen atoms in total. The van der Waals surface area contributed by atoms with E-state index < -0.39 is 0 Å². The maximum Gasteiger partial charge on any atom is 0.251 e. The molecular weight excluding hydrogens is 390 g/mol. The molecule has 2 aliphatic heterocycles. The van der Waals surface area contributed by atoms with Crippen molar-refractivity contribution in [2.24, 2.45) is 0 Å². The van der Waals surface area contributed by atoms with E-state index >= 15 is 0 Å². The summed E-state index contributed by atoms with van der Waals surface area (Å²) in [6, 6.07) is 13.9. The second kappa shape index (κ2) is 9.62. The number of Topliss-reactive ketones (excluding diaryl/α,β-unsaturated/α-hetero) is 1. The minimum Gasteiger partial charge on any atom is -0.373 e. The van der Waals surface area contributed by atoms with E-state index in [1.54, 1.807) is 14.0 Å². The quantitative estimate of drug-likeness (QED) is 0.727. The summed E-state index contributed by atoms with van der Waals surface area (Å²) in [4.78, 5) is 28.3. The van der Waals surface area contributed by atoms with E-state index in [1.807, 2.05) is 36.4 Å². The lowest BCUT2D eigenvalue weighted by Crippen LogP contribution is -2.47. The number of hydrogen-bond donors (Lipinski definition) is 1. The van der Waals surface area contributed by atoms with Gasteiger partial charge >= 0.3 is 0 Å². The van der Waals surface area contributed by atoms with Gasteiger partial charge in [-0.25, -0.2) is 0 Å². The first-order valence-electron chi connectivity index (χ1n) is 11.1. The Kier molecular flexibility index (Phi) is 6.68. The third-order valence-electron chi connectivity index (χ3n) is 6.39. The van der Waals surface area contributed by atoms with Crippen LogP contribution in [-0.2, 0) is 11.2 Å². The van der Waals surface area contributed by atoms with E-state index in [-0.39, 0.29) is 17.8 Å². The largest absolute Gasteiger partial charge is 0.373 e. The molecule has 0 bridgehead atoms. The molecule has 1 fully saturated rings. The number of benzene rings is 2. The Morgan fingerprint density at radius 3 is 2.42 bits per heavy atom. The van der Waals surface area contributed by atoms with Crippen LogP contribution >= 0.6 is 0 Å². The molecule has 2 aliphatic rings. The van der Waals surface area contributed by atoms with Crippen LogP contribution < -0.4 is 10.2 Å². The molecule has 6 heteroatoms. The Balaban J connectivity index is 1.30. The standard InChI is InChI=1S/C25H31N3O3/c1-18(29)19-3-6-22(7-4-19)28-14-12-27(13-15-28)11-9-24-23-8-5-21(25(30)26-2)17-20(23)10-16-31-24/h3-8,17,24H,9-16H2,1-2H3,(H,26,30)/t24-/m0/s1. The summed E-state index contributed by atoms with van der Waals surface area (Å²) in [6.45, 7) is 7.31. The van der Waals surface area contributed by atoms with Crippen LogP contribution in [0.15, 0.2) is 42.5 Å². The Hall–Kier alpha value is -2.70. The lowest BCUT2D eigenvalue weighted by atomic mass is 9.93.